The minimum Gasteiger partial charge on any atom is -0.384 e. The summed E-state index contributed by atoms with van der Waals surface area (Å²) in [6.07, 6.45) is 0.0103. The number of carbonyl (C=O) groups is 2. The molecule has 0 aromatic carbocycles. The molecular formula is C9H16O3. The van der Waals surface area contributed by atoms with Gasteiger partial charge in [0.1, 0.15) is 11.6 Å². The summed E-state index contributed by atoms with van der Waals surface area (Å²) >= 11 is 0. The molecule has 0 N–H and O–H groups in total. The number of carbonyl (C=O) groups excluding carboxylic acids is 2. The fraction of sp³-hybridized carbons (Fsp3) is 0.778. The number of rotatable bonds is 5. The minimum absolute atomic E-state index is 0.0103. The molecule has 0 heterocycles. The number of methoxy groups -OCH3 is 1. The summed E-state index contributed by atoms with van der Waals surface area (Å²) in [6.45, 7) is 5.34. The molecule has 3 heteroatoms. The Hall–Kier alpha value is -0.700. The van der Waals surface area contributed by atoms with Crippen molar-refractivity contribution in [3.8, 4) is 0 Å². The van der Waals surface area contributed by atoms with Crippen LogP contribution >= 0.6 is 0 Å². The van der Waals surface area contributed by atoms with Crippen LogP contribution in [-0.2, 0) is 14.3 Å². The zero-order chi connectivity index (χ0) is 9.78. The van der Waals surface area contributed by atoms with Crippen LogP contribution in [0.1, 0.15) is 27.2 Å². The van der Waals surface area contributed by atoms with E-state index in [0.29, 0.717) is 6.61 Å². The van der Waals surface area contributed by atoms with E-state index in [1.807, 2.05) is 0 Å². The Morgan fingerprint density at radius 1 is 1.33 bits per heavy atom. The van der Waals surface area contributed by atoms with E-state index in [4.69, 9.17) is 4.74 Å². The Bertz CT molecular complexity index is 182. The van der Waals surface area contributed by atoms with Gasteiger partial charge in [-0.1, -0.05) is 13.8 Å². The van der Waals surface area contributed by atoms with Gasteiger partial charge in [0, 0.05) is 12.5 Å². The van der Waals surface area contributed by atoms with Gasteiger partial charge in [-0.2, -0.15) is 0 Å². The Morgan fingerprint density at radius 3 is 2.17 bits per heavy atom. The maximum atomic E-state index is 11.4. The van der Waals surface area contributed by atoms with Gasteiger partial charge in [-0.15, -0.1) is 0 Å². The molecule has 3 nitrogen and oxygen atoms in total. The molecule has 0 aromatic rings. The molecule has 0 spiro atoms. The van der Waals surface area contributed by atoms with E-state index in [-0.39, 0.29) is 18.0 Å². The molecular weight excluding hydrogens is 156 g/mol. The van der Waals surface area contributed by atoms with Crippen molar-refractivity contribution >= 4 is 11.6 Å². The SMILES string of the molecule is COCC(C)(C)C(=O)CC(C)=O. The predicted octanol–water partition coefficient (Wildman–Crippen LogP) is 1.21. The number of Topliss-reactive ketones (excluding diaryl/α,β-unsaturated/α-hetero) is 2. The fourth-order valence-electron chi connectivity index (χ4n) is 0.907. The molecule has 0 saturated carbocycles. The highest BCUT2D eigenvalue weighted by molar-refractivity contribution is 6.00. The molecule has 0 unspecified atom stereocenters. The Kier molecular flexibility index (Phi) is 4.10. The van der Waals surface area contributed by atoms with E-state index in [2.05, 4.69) is 0 Å². The maximum absolute atomic E-state index is 11.4. The van der Waals surface area contributed by atoms with Crippen molar-refractivity contribution in [2.75, 3.05) is 13.7 Å². The van der Waals surface area contributed by atoms with Gasteiger partial charge in [-0.25, -0.2) is 0 Å². The highest BCUT2D eigenvalue weighted by Crippen LogP contribution is 2.18. The highest BCUT2D eigenvalue weighted by Gasteiger charge is 2.27. The number of ketones is 2. The second kappa shape index (κ2) is 4.36. The van der Waals surface area contributed by atoms with Gasteiger partial charge in [0.25, 0.3) is 0 Å². The summed E-state index contributed by atoms with van der Waals surface area (Å²) in [5, 5.41) is 0. The Balaban J connectivity index is 4.15. The van der Waals surface area contributed by atoms with Crippen LogP contribution in [0.5, 0.6) is 0 Å². The zero-order valence-electron chi connectivity index (χ0n) is 8.14. The third-order valence-corrected chi connectivity index (χ3v) is 1.67. The maximum Gasteiger partial charge on any atom is 0.148 e. The fourth-order valence-corrected chi connectivity index (χ4v) is 0.907. The van der Waals surface area contributed by atoms with E-state index in [0.717, 1.165) is 0 Å². The minimum atomic E-state index is -0.541. The number of hydrogen-bond donors (Lipinski definition) is 0. The normalized spacial score (nSPS) is 11.3. The van der Waals surface area contributed by atoms with Gasteiger partial charge < -0.3 is 4.74 Å². The quantitative estimate of drug-likeness (QED) is 0.585. The third kappa shape index (κ3) is 3.62. The second-order valence-electron chi connectivity index (χ2n) is 3.62. The van der Waals surface area contributed by atoms with Crippen LogP contribution in [0.4, 0.5) is 0 Å². The lowest BCUT2D eigenvalue weighted by atomic mass is 9.86. The van der Waals surface area contributed by atoms with E-state index < -0.39 is 5.41 Å². The van der Waals surface area contributed by atoms with Gasteiger partial charge in [-0.05, 0) is 6.92 Å². The lowest BCUT2D eigenvalue weighted by molar-refractivity contribution is -0.133. The largest absolute Gasteiger partial charge is 0.384 e. The topological polar surface area (TPSA) is 43.4 Å². The highest BCUT2D eigenvalue weighted by atomic mass is 16.5. The molecule has 0 aliphatic heterocycles. The smallest absolute Gasteiger partial charge is 0.148 e. The van der Waals surface area contributed by atoms with E-state index in [1.165, 1.54) is 6.92 Å². The molecule has 0 aliphatic rings. The first kappa shape index (κ1) is 11.3. The van der Waals surface area contributed by atoms with Crippen molar-refractivity contribution in [3.05, 3.63) is 0 Å². The molecule has 0 fully saturated rings. The van der Waals surface area contributed by atoms with E-state index in [1.54, 1.807) is 21.0 Å². The lowest BCUT2D eigenvalue weighted by Gasteiger charge is -2.20. The average molecular weight is 172 g/mol. The standard InChI is InChI=1S/C9H16O3/c1-7(10)5-8(11)9(2,3)6-12-4/h5-6H2,1-4H3. The summed E-state index contributed by atoms with van der Waals surface area (Å²) in [5.41, 5.74) is -0.541. The van der Waals surface area contributed by atoms with Crippen LogP contribution in [0.15, 0.2) is 0 Å². The van der Waals surface area contributed by atoms with Crippen LogP contribution < -0.4 is 0 Å². The molecule has 0 bridgehead atoms. The van der Waals surface area contributed by atoms with Crippen molar-refractivity contribution in [1.29, 1.82) is 0 Å². The van der Waals surface area contributed by atoms with Crippen molar-refractivity contribution in [2.45, 2.75) is 27.2 Å². The van der Waals surface area contributed by atoms with Crippen molar-refractivity contribution in [1.82, 2.24) is 0 Å². The van der Waals surface area contributed by atoms with E-state index in [9.17, 15) is 9.59 Å². The third-order valence-electron chi connectivity index (χ3n) is 1.67. The molecule has 0 aliphatic carbocycles. The van der Waals surface area contributed by atoms with Crippen molar-refractivity contribution in [3.63, 3.8) is 0 Å². The first-order valence-electron chi connectivity index (χ1n) is 3.92. The summed E-state index contributed by atoms with van der Waals surface area (Å²) in [6, 6.07) is 0. The van der Waals surface area contributed by atoms with Crippen molar-refractivity contribution < 1.29 is 14.3 Å². The lowest BCUT2D eigenvalue weighted by Crippen LogP contribution is -2.30. The summed E-state index contributed by atoms with van der Waals surface area (Å²) < 4.78 is 4.88. The summed E-state index contributed by atoms with van der Waals surface area (Å²) in [5.74, 6) is -0.152. The van der Waals surface area contributed by atoms with Crippen LogP contribution in [0.2, 0.25) is 0 Å². The summed E-state index contributed by atoms with van der Waals surface area (Å²) in [4.78, 5) is 22.0. The molecule has 70 valence electrons. The average Bonchev–Trinajstić information content (AvgIpc) is 1.85. The first-order chi connectivity index (χ1) is 5.40. The first-order valence-corrected chi connectivity index (χ1v) is 3.92. The second-order valence-corrected chi connectivity index (χ2v) is 3.62. The number of ether oxygens (including phenoxy) is 1. The van der Waals surface area contributed by atoms with Gasteiger partial charge in [0.15, 0.2) is 0 Å². The monoisotopic (exact) mass is 172 g/mol. The van der Waals surface area contributed by atoms with Gasteiger partial charge >= 0.3 is 0 Å². The predicted molar refractivity (Wildman–Crippen MR) is 46.0 cm³/mol. The van der Waals surface area contributed by atoms with Gasteiger partial charge in [-0.3, -0.25) is 9.59 Å². The molecule has 0 radical (unpaired) electrons. The summed E-state index contributed by atoms with van der Waals surface area (Å²) in [7, 11) is 1.54. The van der Waals surface area contributed by atoms with Crippen LogP contribution in [0, 0.1) is 5.41 Å². The molecule has 0 amide bonds. The van der Waals surface area contributed by atoms with Gasteiger partial charge in [0.2, 0.25) is 0 Å². The number of hydrogen-bond acceptors (Lipinski definition) is 3. The molecule has 0 saturated heterocycles. The molecule has 12 heavy (non-hydrogen) atoms. The van der Waals surface area contributed by atoms with Crippen LogP contribution in [0.3, 0.4) is 0 Å². The molecule has 0 aromatic heterocycles. The van der Waals surface area contributed by atoms with Crippen LogP contribution in [0.25, 0.3) is 0 Å². The Morgan fingerprint density at radius 2 is 1.83 bits per heavy atom. The van der Waals surface area contributed by atoms with E-state index >= 15 is 0 Å². The zero-order valence-corrected chi connectivity index (χ0v) is 8.14. The van der Waals surface area contributed by atoms with Gasteiger partial charge in [0.05, 0.1) is 13.0 Å². The molecule has 0 atom stereocenters. The Labute approximate surface area is 73.1 Å². The molecule has 0 rings (SSSR count). The van der Waals surface area contributed by atoms with Crippen molar-refractivity contribution in [2.24, 2.45) is 5.41 Å². The van der Waals surface area contributed by atoms with Crippen LogP contribution in [-0.4, -0.2) is 25.3 Å².